The number of halogens is 2. The molecule has 0 spiro atoms. The average Bonchev–Trinajstić information content (AvgIpc) is 3.36. The highest BCUT2D eigenvalue weighted by atomic mass is 19.3. The second kappa shape index (κ2) is 8.83. The fourth-order valence-corrected chi connectivity index (χ4v) is 3.27. The molecule has 27 heavy (non-hydrogen) atoms. The van der Waals surface area contributed by atoms with Crippen LogP contribution in [0.5, 0.6) is 0 Å². The minimum Gasteiger partial charge on any atom is -0.372 e. The van der Waals surface area contributed by atoms with E-state index in [1.54, 1.807) is 7.05 Å². The monoisotopic (exact) mass is 376 g/mol. The second-order valence-electron chi connectivity index (χ2n) is 6.61. The molecule has 1 aromatic heterocycles. The van der Waals surface area contributed by atoms with Crippen molar-refractivity contribution in [1.82, 2.24) is 20.2 Å². The molecule has 1 atom stereocenters. The summed E-state index contributed by atoms with van der Waals surface area (Å²) in [5.41, 5.74) is 2.39. The summed E-state index contributed by atoms with van der Waals surface area (Å²) in [7, 11) is 1.66. The van der Waals surface area contributed by atoms with E-state index >= 15 is 0 Å². The summed E-state index contributed by atoms with van der Waals surface area (Å²) in [5, 5.41) is 6.36. The number of guanidine groups is 1. The van der Waals surface area contributed by atoms with Gasteiger partial charge in [0.25, 0.3) is 0 Å². The molecule has 2 N–H and O–H groups in total. The molecule has 2 heterocycles. The maximum Gasteiger partial charge on any atom is 0.319 e. The molecule has 8 heteroatoms. The van der Waals surface area contributed by atoms with Gasteiger partial charge < -0.3 is 15.5 Å². The van der Waals surface area contributed by atoms with Crippen molar-refractivity contribution in [1.29, 1.82) is 0 Å². The number of nitrogens with one attached hydrogen (secondary N) is 2. The van der Waals surface area contributed by atoms with Gasteiger partial charge in [0.05, 0.1) is 12.6 Å². The Balaban J connectivity index is 1.61. The zero-order valence-electron chi connectivity index (χ0n) is 15.7. The van der Waals surface area contributed by atoms with Crippen LogP contribution in [0.4, 0.5) is 14.5 Å². The Kier molecular flexibility index (Phi) is 6.26. The van der Waals surface area contributed by atoms with Gasteiger partial charge in [-0.3, -0.25) is 9.56 Å². The number of anilines is 1. The SMILES string of the molecule is CN=C(NCc1nccn1C(F)F)NC(C)c1cccc(N2CCCC2)c1. The molecule has 3 rings (SSSR count). The van der Waals surface area contributed by atoms with Gasteiger partial charge in [0, 0.05) is 38.2 Å². The first-order valence-electron chi connectivity index (χ1n) is 9.20. The van der Waals surface area contributed by atoms with Gasteiger partial charge in [-0.25, -0.2) is 4.98 Å². The fraction of sp³-hybridized carbons (Fsp3) is 0.474. The Morgan fingerprint density at radius 1 is 1.30 bits per heavy atom. The predicted molar refractivity (Wildman–Crippen MR) is 103 cm³/mol. The highest BCUT2D eigenvalue weighted by molar-refractivity contribution is 5.80. The van der Waals surface area contributed by atoms with Crippen molar-refractivity contribution in [2.75, 3.05) is 25.0 Å². The van der Waals surface area contributed by atoms with Crippen molar-refractivity contribution in [2.45, 2.75) is 38.9 Å². The van der Waals surface area contributed by atoms with E-state index in [-0.39, 0.29) is 18.4 Å². The summed E-state index contributed by atoms with van der Waals surface area (Å²) < 4.78 is 26.7. The average molecular weight is 376 g/mol. The van der Waals surface area contributed by atoms with Crippen LogP contribution in [-0.2, 0) is 6.54 Å². The summed E-state index contributed by atoms with van der Waals surface area (Å²) in [4.78, 5) is 10.6. The molecule has 0 amide bonds. The molecular formula is C19H26F2N6. The van der Waals surface area contributed by atoms with Crippen LogP contribution in [-0.4, -0.2) is 35.6 Å². The summed E-state index contributed by atoms with van der Waals surface area (Å²) in [6.45, 7) is 1.82. The van der Waals surface area contributed by atoms with Gasteiger partial charge in [-0.2, -0.15) is 8.78 Å². The van der Waals surface area contributed by atoms with Gasteiger partial charge in [-0.1, -0.05) is 12.1 Å². The van der Waals surface area contributed by atoms with Crippen molar-refractivity contribution in [2.24, 2.45) is 4.99 Å². The third-order valence-corrected chi connectivity index (χ3v) is 4.79. The van der Waals surface area contributed by atoms with Crippen LogP contribution < -0.4 is 15.5 Å². The number of imidazole rings is 1. The van der Waals surface area contributed by atoms with Gasteiger partial charge >= 0.3 is 6.55 Å². The van der Waals surface area contributed by atoms with Gasteiger partial charge in [-0.15, -0.1) is 0 Å². The van der Waals surface area contributed by atoms with E-state index in [0.29, 0.717) is 5.96 Å². The van der Waals surface area contributed by atoms with Crippen molar-refractivity contribution in [3.05, 3.63) is 48.0 Å². The molecule has 6 nitrogen and oxygen atoms in total. The third kappa shape index (κ3) is 4.75. The first-order chi connectivity index (χ1) is 13.1. The van der Waals surface area contributed by atoms with Gasteiger partial charge in [-0.05, 0) is 37.5 Å². The van der Waals surface area contributed by atoms with Crippen LogP contribution in [0.3, 0.4) is 0 Å². The molecule has 146 valence electrons. The second-order valence-corrected chi connectivity index (χ2v) is 6.61. The Hall–Kier alpha value is -2.64. The molecule has 0 radical (unpaired) electrons. The first-order valence-corrected chi connectivity index (χ1v) is 9.20. The molecule has 2 aromatic rings. The Bertz CT molecular complexity index is 767. The van der Waals surface area contributed by atoms with Crippen LogP contribution >= 0.6 is 0 Å². The van der Waals surface area contributed by atoms with E-state index < -0.39 is 6.55 Å². The highest BCUT2D eigenvalue weighted by Gasteiger charge is 2.15. The quantitative estimate of drug-likeness (QED) is 0.600. The largest absolute Gasteiger partial charge is 0.372 e. The molecule has 1 aromatic carbocycles. The molecular weight excluding hydrogens is 350 g/mol. The summed E-state index contributed by atoms with van der Waals surface area (Å²) in [5.74, 6) is 0.800. The Morgan fingerprint density at radius 3 is 2.78 bits per heavy atom. The molecule has 1 unspecified atom stereocenters. The van der Waals surface area contributed by atoms with E-state index in [1.807, 2.05) is 0 Å². The zero-order valence-corrected chi connectivity index (χ0v) is 15.7. The number of hydrogen-bond donors (Lipinski definition) is 2. The number of nitrogens with zero attached hydrogens (tertiary/aromatic N) is 4. The van der Waals surface area contributed by atoms with Gasteiger partial charge in [0.1, 0.15) is 5.82 Å². The summed E-state index contributed by atoms with van der Waals surface area (Å²) >= 11 is 0. The van der Waals surface area contributed by atoms with E-state index in [1.165, 1.54) is 30.9 Å². The maximum atomic E-state index is 12.9. The molecule has 1 aliphatic heterocycles. The lowest BCUT2D eigenvalue weighted by Crippen LogP contribution is -2.38. The Labute approximate surface area is 158 Å². The number of aliphatic imine (C=N–C) groups is 1. The van der Waals surface area contributed by atoms with Crippen LogP contribution in [0.2, 0.25) is 0 Å². The third-order valence-electron chi connectivity index (χ3n) is 4.79. The van der Waals surface area contributed by atoms with Crippen molar-refractivity contribution >= 4 is 11.6 Å². The summed E-state index contributed by atoms with van der Waals surface area (Å²) in [6, 6.07) is 8.50. The number of hydrogen-bond acceptors (Lipinski definition) is 3. The number of aromatic nitrogens is 2. The topological polar surface area (TPSA) is 57.5 Å². The van der Waals surface area contributed by atoms with Crippen molar-refractivity contribution < 1.29 is 8.78 Å². The lowest BCUT2D eigenvalue weighted by molar-refractivity contribution is 0.0668. The molecule has 1 saturated heterocycles. The summed E-state index contributed by atoms with van der Waals surface area (Å²) in [6.07, 6.45) is 5.11. The Morgan fingerprint density at radius 2 is 2.07 bits per heavy atom. The highest BCUT2D eigenvalue weighted by Crippen LogP contribution is 2.24. The number of benzene rings is 1. The normalized spacial score (nSPS) is 16.0. The van der Waals surface area contributed by atoms with Crippen LogP contribution in [0.15, 0.2) is 41.7 Å². The van der Waals surface area contributed by atoms with Gasteiger partial charge in [0.15, 0.2) is 5.96 Å². The lowest BCUT2D eigenvalue weighted by Gasteiger charge is -2.22. The molecule has 0 saturated carbocycles. The number of rotatable bonds is 6. The predicted octanol–water partition coefficient (Wildman–Crippen LogP) is 3.30. The lowest BCUT2D eigenvalue weighted by atomic mass is 10.1. The zero-order chi connectivity index (χ0) is 19.2. The standard InChI is InChI=1S/C19H26F2N6/c1-14(15-6-5-7-16(12-15)26-9-3-4-10-26)25-19(22-2)24-13-17-23-8-11-27(17)18(20)21/h5-8,11-12,14,18H,3-4,9-10,13H2,1-2H3,(H2,22,24,25). The maximum absolute atomic E-state index is 12.9. The fourth-order valence-electron chi connectivity index (χ4n) is 3.27. The molecule has 0 aliphatic carbocycles. The van der Waals surface area contributed by atoms with E-state index in [0.717, 1.165) is 23.2 Å². The molecule has 1 fully saturated rings. The van der Waals surface area contributed by atoms with Crippen LogP contribution in [0, 0.1) is 0 Å². The van der Waals surface area contributed by atoms with E-state index in [4.69, 9.17) is 0 Å². The van der Waals surface area contributed by atoms with Crippen molar-refractivity contribution in [3.8, 4) is 0 Å². The minimum absolute atomic E-state index is 0.0218. The van der Waals surface area contributed by atoms with Gasteiger partial charge in [0.2, 0.25) is 0 Å². The first kappa shape index (κ1) is 19.1. The minimum atomic E-state index is -2.61. The van der Waals surface area contributed by atoms with E-state index in [9.17, 15) is 8.78 Å². The van der Waals surface area contributed by atoms with Crippen molar-refractivity contribution in [3.63, 3.8) is 0 Å². The van der Waals surface area contributed by atoms with Crippen LogP contribution in [0.1, 0.15) is 43.7 Å². The molecule has 0 bridgehead atoms. The number of alkyl halides is 2. The van der Waals surface area contributed by atoms with Crippen LogP contribution in [0.25, 0.3) is 0 Å². The van der Waals surface area contributed by atoms with E-state index in [2.05, 4.69) is 56.7 Å². The molecule has 1 aliphatic rings. The smallest absolute Gasteiger partial charge is 0.319 e.